The summed E-state index contributed by atoms with van der Waals surface area (Å²) < 4.78 is 21.8. The van der Waals surface area contributed by atoms with E-state index < -0.39 is 6.10 Å². The summed E-state index contributed by atoms with van der Waals surface area (Å²) in [6.45, 7) is -0.164. The highest BCUT2D eigenvalue weighted by Crippen LogP contribution is 2.37. The second-order valence-electron chi connectivity index (χ2n) is 5.01. The molecule has 0 spiro atoms. The molecule has 0 heterocycles. The zero-order chi connectivity index (χ0) is 17.5. The fourth-order valence-electron chi connectivity index (χ4n) is 2.31. The maximum atomic E-state index is 9.76. The van der Waals surface area contributed by atoms with Crippen molar-refractivity contribution in [2.45, 2.75) is 10.9 Å². The van der Waals surface area contributed by atoms with Crippen molar-refractivity contribution in [3.8, 4) is 23.0 Å². The van der Waals surface area contributed by atoms with Crippen LogP contribution in [0.2, 0.25) is 0 Å². The summed E-state index contributed by atoms with van der Waals surface area (Å²) >= 11 is 3.60. The fourth-order valence-corrected chi connectivity index (χ4v) is 2.87. The molecule has 2 atom stereocenters. The normalized spacial score (nSPS) is 13.0. The molecule has 0 saturated heterocycles. The summed E-state index contributed by atoms with van der Waals surface area (Å²) in [7, 11) is 4.75. The Bertz CT molecular complexity index is 662. The summed E-state index contributed by atoms with van der Waals surface area (Å²) in [4.78, 5) is -0.243. The molecule has 0 radical (unpaired) electrons. The van der Waals surface area contributed by atoms with Crippen molar-refractivity contribution in [1.82, 2.24) is 0 Å². The first kappa shape index (κ1) is 18.4. The molecule has 1 N–H and O–H groups in total. The van der Waals surface area contributed by atoms with Gasteiger partial charge in [0.05, 0.1) is 32.8 Å². The third-order valence-corrected chi connectivity index (χ3v) is 4.70. The van der Waals surface area contributed by atoms with E-state index in [2.05, 4.69) is 15.9 Å². The Morgan fingerprint density at radius 3 is 2.04 bits per heavy atom. The molecule has 130 valence electrons. The molecule has 0 saturated carbocycles. The van der Waals surface area contributed by atoms with Crippen LogP contribution in [-0.4, -0.2) is 39.1 Å². The van der Waals surface area contributed by atoms with E-state index in [1.165, 1.54) is 0 Å². The van der Waals surface area contributed by atoms with E-state index in [-0.39, 0.29) is 11.4 Å². The molecule has 0 aromatic heterocycles. The molecule has 2 aromatic carbocycles. The number of aliphatic hydroxyl groups is 1. The van der Waals surface area contributed by atoms with Gasteiger partial charge in [-0.2, -0.15) is 0 Å². The van der Waals surface area contributed by atoms with E-state index in [0.29, 0.717) is 23.0 Å². The lowest BCUT2D eigenvalue weighted by Gasteiger charge is -2.24. The molecule has 0 unspecified atom stereocenters. The Morgan fingerprint density at radius 2 is 1.46 bits per heavy atom. The van der Waals surface area contributed by atoms with Crippen molar-refractivity contribution >= 4 is 15.9 Å². The van der Waals surface area contributed by atoms with Crippen molar-refractivity contribution < 1.29 is 24.1 Å². The van der Waals surface area contributed by atoms with Gasteiger partial charge in [-0.3, -0.25) is 0 Å². The molecule has 6 heteroatoms. The van der Waals surface area contributed by atoms with Crippen molar-refractivity contribution in [2.24, 2.45) is 0 Å². The monoisotopic (exact) mass is 396 g/mol. The van der Waals surface area contributed by atoms with Crippen LogP contribution in [0.3, 0.4) is 0 Å². The van der Waals surface area contributed by atoms with Crippen molar-refractivity contribution in [3.05, 3.63) is 48.0 Å². The van der Waals surface area contributed by atoms with Gasteiger partial charge in [0.15, 0.2) is 23.0 Å². The molecule has 0 fully saturated rings. The van der Waals surface area contributed by atoms with E-state index in [4.69, 9.17) is 18.9 Å². The van der Waals surface area contributed by atoms with Gasteiger partial charge in [-0.05, 0) is 29.8 Å². The van der Waals surface area contributed by atoms with Crippen LogP contribution < -0.4 is 18.9 Å². The van der Waals surface area contributed by atoms with Crippen LogP contribution in [0.15, 0.2) is 42.5 Å². The third kappa shape index (κ3) is 4.13. The molecule has 0 aliphatic rings. The number of benzene rings is 2. The van der Waals surface area contributed by atoms with Crippen LogP contribution in [0.5, 0.6) is 23.0 Å². The predicted molar refractivity (Wildman–Crippen MR) is 95.7 cm³/mol. The third-order valence-electron chi connectivity index (χ3n) is 3.58. The summed E-state index contributed by atoms with van der Waals surface area (Å²) in [5, 5.41) is 9.76. The highest BCUT2D eigenvalue weighted by Gasteiger charge is 2.24. The van der Waals surface area contributed by atoms with E-state index in [9.17, 15) is 5.11 Å². The van der Waals surface area contributed by atoms with Crippen LogP contribution in [0.1, 0.15) is 10.4 Å². The number of alkyl halides is 1. The van der Waals surface area contributed by atoms with Gasteiger partial charge in [0.1, 0.15) is 6.10 Å². The van der Waals surface area contributed by atoms with Crippen molar-refractivity contribution in [1.29, 1.82) is 0 Å². The quantitative estimate of drug-likeness (QED) is 0.690. The number of para-hydroxylation sites is 2. The summed E-state index contributed by atoms with van der Waals surface area (Å²) in [5.74, 6) is 2.45. The van der Waals surface area contributed by atoms with Gasteiger partial charge >= 0.3 is 0 Å². The Morgan fingerprint density at radius 1 is 0.875 bits per heavy atom. The second kappa shape index (κ2) is 8.80. The zero-order valence-corrected chi connectivity index (χ0v) is 15.4. The minimum atomic E-state index is -0.501. The highest BCUT2D eigenvalue weighted by atomic mass is 79.9. The van der Waals surface area contributed by atoms with Crippen LogP contribution in [0.4, 0.5) is 0 Å². The lowest BCUT2D eigenvalue weighted by molar-refractivity contribution is 0.111. The molecule has 24 heavy (non-hydrogen) atoms. The molecular formula is C18H21BrO5. The maximum absolute atomic E-state index is 9.76. The zero-order valence-electron chi connectivity index (χ0n) is 13.9. The molecule has 0 aliphatic carbocycles. The largest absolute Gasteiger partial charge is 0.493 e. The molecule has 5 nitrogen and oxygen atoms in total. The number of aliphatic hydroxyl groups excluding tert-OH is 1. The van der Waals surface area contributed by atoms with E-state index in [0.717, 1.165) is 5.56 Å². The Hall–Kier alpha value is -1.92. The standard InChI is InChI=1S/C18H21BrO5/c1-21-13-6-4-5-7-15(13)24-17(11-20)18(19)12-8-9-14(22-2)16(10-12)23-3/h4-10,17-18,20H,11H2,1-3H3/t17-,18-/m1/s1. The number of ether oxygens (including phenoxy) is 4. The molecule has 2 aromatic rings. The van der Waals surface area contributed by atoms with E-state index in [1.807, 2.05) is 36.4 Å². The molecule has 0 amide bonds. The Labute approximate surface area is 150 Å². The number of hydrogen-bond acceptors (Lipinski definition) is 5. The van der Waals surface area contributed by atoms with Crippen molar-refractivity contribution in [3.63, 3.8) is 0 Å². The second-order valence-corrected chi connectivity index (χ2v) is 5.99. The maximum Gasteiger partial charge on any atom is 0.161 e. The van der Waals surface area contributed by atoms with Crippen LogP contribution in [0.25, 0.3) is 0 Å². The minimum Gasteiger partial charge on any atom is -0.493 e. The topological polar surface area (TPSA) is 57.2 Å². The predicted octanol–water partition coefficient (Wildman–Crippen LogP) is 3.59. The lowest BCUT2D eigenvalue weighted by atomic mass is 10.1. The van der Waals surface area contributed by atoms with Gasteiger partial charge in [-0.1, -0.05) is 34.1 Å². The van der Waals surface area contributed by atoms with Gasteiger partial charge in [0.25, 0.3) is 0 Å². The molecule has 0 aliphatic heterocycles. The molecule has 0 bridgehead atoms. The Kier molecular flexibility index (Phi) is 6.75. The lowest BCUT2D eigenvalue weighted by Crippen LogP contribution is -2.26. The average Bonchev–Trinajstić information content (AvgIpc) is 2.65. The van der Waals surface area contributed by atoms with Crippen LogP contribution in [0, 0.1) is 0 Å². The smallest absolute Gasteiger partial charge is 0.161 e. The van der Waals surface area contributed by atoms with Crippen LogP contribution in [-0.2, 0) is 0 Å². The first-order valence-electron chi connectivity index (χ1n) is 7.41. The SMILES string of the molecule is COc1ccc([C@@H](Br)[C@@H](CO)Oc2ccccc2OC)cc1OC. The number of hydrogen-bond donors (Lipinski definition) is 1. The highest BCUT2D eigenvalue weighted by molar-refractivity contribution is 9.09. The molecule has 2 rings (SSSR count). The molecular weight excluding hydrogens is 376 g/mol. The minimum absolute atomic E-state index is 0.164. The first-order chi connectivity index (χ1) is 11.6. The van der Waals surface area contributed by atoms with E-state index >= 15 is 0 Å². The average molecular weight is 397 g/mol. The van der Waals surface area contributed by atoms with Gasteiger partial charge < -0.3 is 24.1 Å². The van der Waals surface area contributed by atoms with Gasteiger partial charge in [0, 0.05) is 0 Å². The van der Waals surface area contributed by atoms with E-state index in [1.54, 1.807) is 27.4 Å². The van der Waals surface area contributed by atoms with Gasteiger partial charge in [0.2, 0.25) is 0 Å². The van der Waals surface area contributed by atoms with Crippen molar-refractivity contribution in [2.75, 3.05) is 27.9 Å². The fraction of sp³-hybridized carbons (Fsp3) is 0.333. The summed E-state index contributed by atoms with van der Waals surface area (Å²) in [6.07, 6.45) is -0.501. The number of methoxy groups -OCH3 is 3. The first-order valence-corrected chi connectivity index (χ1v) is 8.32. The number of rotatable bonds is 8. The Balaban J connectivity index is 2.24. The van der Waals surface area contributed by atoms with Gasteiger partial charge in [-0.25, -0.2) is 0 Å². The summed E-state index contributed by atoms with van der Waals surface area (Å²) in [6, 6.07) is 12.9. The van der Waals surface area contributed by atoms with Gasteiger partial charge in [-0.15, -0.1) is 0 Å². The summed E-state index contributed by atoms with van der Waals surface area (Å²) in [5.41, 5.74) is 0.904. The van der Waals surface area contributed by atoms with Crippen LogP contribution >= 0.6 is 15.9 Å². The number of halogens is 1.